The van der Waals surface area contributed by atoms with Crippen molar-refractivity contribution in [1.82, 2.24) is 4.98 Å². The topological polar surface area (TPSA) is 61.6 Å². The molecule has 0 N–H and O–H groups in total. The van der Waals surface area contributed by atoms with Crippen LogP contribution in [0, 0.1) is 12.3 Å². The Kier molecular flexibility index (Phi) is 7.74. The van der Waals surface area contributed by atoms with Crippen molar-refractivity contribution in [2.24, 2.45) is 5.41 Å². The molecule has 0 spiro atoms. The lowest BCUT2D eigenvalue weighted by Crippen LogP contribution is -2.25. The lowest BCUT2D eigenvalue weighted by molar-refractivity contribution is -0.151. The fraction of sp³-hybridized carbons (Fsp3) is 0.400. The number of esters is 1. The van der Waals surface area contributed by atoms with E-state index < -0.39 is 5.41 Å². The largest absolute Gasteiger partial charge is 0.493 e. The first-order valence-electron chi connectivity index (χ1n) is 12.4. The maximum atomic E-state index is 12.0. The second-order valence-electron chi connectivity index (χ2n) is 9.77. The first-order valence-corrected chi connectivity index (χ1v) is 12.4. The smallest absolute Gasteiger partial charge is 0.311 e. The number of aromatic nitrogens is 1. The fourth-order valence-electron chi connectivity index (χ4n) is 4.72. The SMILES string of the molecule is COC(=O)C(C)(C)CCCC1=CCCc2c(OCCc3nc(-c4ccccc4)oc3C)cccc21. The number of nitrogens with zero attached hydrogens (tertiary/aromatic N) is 1. The van der Waals surface area contributed by atoms with E-state index in [1.165, 1.54) is 23.8 Å². The van der Waals surface area contributed by atoms with Crippen LogP contribution in [-0.4, -0.2) is 24.7 Å². The summed E-state index contributed by atoms with van der Waals surface area (Å²) >= 11 is 0. The van der Waals surface area contributed by atoms with Crippen LogP contribution in [0.25, 0.3) is 17.0 Å². The lowest BCUT2D eigenvalue weighted by atomic mass is 9.83. The van der Waals surface area contributed by atoms with Crippen LogP contribution in [-0.2, 0) is 22.4 Å². The van der Waals surface area contributed by atoms with Gasteiger partial charge < -0.3 is 13.9 Å². The molecular weight excluding hydrogens is 438 g/mol. The summed E-state index contributed by atoms with van der Waals surface area (Å²) in [4.78, 5) is 16.7. The number of oxazole rings is 1. The van der Waals surface area contributed by atoms with Crippen molar-refractivity contribution >= 4 is 11.5 Å². The number of hydrogen-bond acceptors (Lipinski definition) is 5. The van der Waals surface area contributed by atoms with Crippen LogP contribution in [0.2, 0.25) is 0 Å². The molecule has 3 aromatic rings. The second-order valence-corrected chi connectivity index (χ2v) is 9.77. The molecule has 0 saturated carbocycles. The Bertz CT molecular complexity index is 1190. The normalized spacial score (nSPS) is 13.2. The summed E-state index contributed by atoms with van der Waals surface area (Å²) in [6.07, 6.45) is 7.68. The van der Waals surface area contributed by atoms with Gasteiger partial charge >= 0.3 is 5.97 Å². The van der Waals surface area contributed by atoms with Crippen molar-refractivity contribution in [3.8, 4) is 17.2 Å². The number of aryl methyl sites for hydroxylation is 1. The number of rotatable bonds is 10. The third kappa shape index (κ3) is 5.84. The Balaban J connectivity index is 1.38. The van der Waals surface area contributed by atoms with Crippen LogP contribution in [0.4, 0.5) is 0 Å². The van der Waals surface area contributed by atoms with Crippen molar-refractivity contribution in [3.05, 3.63) is 77.2 Å². The average molecular weight is 474 g/mol. The predicted octanol–water partition coefficient (Wildman–Crippen LogP) is 6.97. The molecule has 0 fully saturated rings. The van der Waals surface area contributed by atoms with Gasteiger partial charge in [-0.05, 0) is 82.2 Å². The molecule has 5 heteroatoms. The zero-order valence-corrected chi connectivity index (χ0v) is 21.2. The molecule has 1 heterocycles. The summed E-state index contributed by atoms with van der Waals surface area (Å²) < 4.78 is 17.1. The maximum Gasteiger partial charge on any atom is 0.311 e. The predicted molar refractivity (Wildman–Crippen MR) is 138 cm³/mol. The van der Waals surface area contributed by atoms with E-state index in [9.17, 15) is 4.79 Å². The number of hydrogen-bond donors (Lipinski definition) is 0. The first-order chi connectivity index (χ1) is 16.9. The number of carbonyl (C=O) groups is 1. The molecule has 2 aromatic carbocycles. The van der Waals surface area contributed by atoms with Crippen LogP contribution in [0.15, 0.2) is 59.0 Å². The number of benzene rings is 2. The minimum Gasteiger partial charge on any atom is -0.493 e. The summed E-state index contributed by atoms with van der Waals surface area (Å²) in [5.74, 6) is 2.29. The van der Waals surface area contributed by atoms with Crippen molar-refractivity contribution in [2.45, 2.75) is 59.3 Å². The third-order valence-electron chi connectivity index (χ3n) is 6.76. The number of ether oxygens (including phenoxy) is 2. The molecule has 0 radical (unpaired) electrons. The molecule has 5 nitrogen and oxygen atoms in total. The standard InChI is InChI=1S/C30H35NO4/c1-21-26(31-28(35-21)23-11-6-5-7-12-23)18-20-34-27-17-9-15-24-22(13-8-16-25(24)27)14-10-19-30(2,3)29(32)33-4/h5-7,9,11-13,15,17H,8,10,14,16,18-20H2,1-4H3. The summed E-state index contributed by atoms with van der Waals surface area (Å²) in [5, 5.41) is 0. The van der Waals surface area contributed by atoms with E-state index in [4.69, 9.17) is 18.9 Å². The van der Waals surface area contributed by atoms with Gasteiger partial charge in [0, 0.05) is 17.5 Å². The molecule has 0 amide bonds. The average Bonchev–Trinajstić information content (AvgIpc) is 3.24. The Labute approximate surface area is 208 Å². The molecule has 0 bridgehead atoms. The van der Waals surface area contributed by atoms with Gasteiger partial charge in [-0.15, -0.1) is 0 Å². The van der Waals surface area contributed by atoms with E-state index in [1.807, 2.05) is 51.1 Å². The Hall–Kier alpha value is -3.34. The Morgan fingerprint density at radius 3 is 2.66 bits per heavy atom. The zero-order valence-electron chi connectivity index (χ0n) is 21.2. The number of fused-ring (bicyclic) bond motifs is 1. The summed E-state index contributed by atoms with van der Waals surface area (Å²) in [6, 6.07) is 16.3. The summed E-state index contributed by atoms with van der Waals surface area (Å²) in [6.45, 7) is 6.41. The second kappa shape index (κ2) is 10.9. The van der Waals surface area contributed by atoms with E-state index in [1.54, 1.807) is 0 Å². The highest BCUT2D eigenvalue weighted by atomic mass is 16.5. The molecule has 0 aliphatic heterocycles. The van der Waals surface area contributed by atoms with E-state index in [0.29, 0.717) is 18.9 Å². The van der Waals surface area contributed by atoms with Gasteiger partial charge in [0.1, 0.15) is 11.5 Å². The molecule has 1 aliphatic rings. The van der Waals surface area contributed by atoms with Crippen LogP contribution < -0.4 is 4.74 Å². The maximum absolute atomic E-state index is 12.0. The Morgan fingerprint density at radius 2 is 1.89 bits per heavy atom. The molecule has 0 saturated heterocycles. The summed E-state index contributed by atoms with van der Waals surface area (Å²) in [7, 11) is 1.46. The van der Waals surface area contributed by atoms with Gasteiger partial charge in [-0.2, -0.15) is 0 Å². The van der Waals surface area contributed by atoms with E-state index in [0.717, 1.165) is 54.9 Å². The van der Waals surface area contributed by atoms with Crippen molar-refractivity contribution in [2.75, 3.05) is 13.7 Å². The molecule has 0 unspecified atom stereocenters. The van der Waals surface area contributed by atoms with Crippen molar-refractivity contribution < 1.29 is 18.7 Å². The van der Waals surface area contributed by atoms with Gasteiger partial charge in [-0.1, -0.05) is 36.4 Å². The van der Waals surface area contributed by atoms with Gasteiger partial charge in [-0.3, -0.25) is 4.79 Å². The minimum absolute atomic E-state index is 0.149. The first kappa shape index (κ1) is 24.8. The quantitative estimate of drug-likeness (QED) is 0.298. The van der Waals surface area contributed by atoms with Gasteiger partial charge in [0.15, 0.2) is 0 Å². The van der Waals surface area contributed by atoms with Gasteiger partial charge in [0.25, 0.3) is 0 Å². The molecule has 1 aromatic heterocycles. The van der Waals surface area contributed by atoms with Gasteiger partial charge in [0.05, 0.1) is 24.8 Å². The van der Waals surface area contributed by atoms with E-state index in [-0.39, 0.29) is 5.97 Å². The fourth-order valence-corrected chi connectivity index (χ4v) is 4.72. The van der Waals surface area contributed by atoms with Crippen LogP contribution >= 0.6 is 0 Å². The van der Waals surface area contributed by atoms with E-state index in [2.05, 4.69) is 24.3 Å². The van der Waals surface area contributed by atoms with Crippen molar-refractivity contribution in [1.29, 1.82) is 0 Å². The van der Waals surface area contributed by atoms with Gasteiger partial charge in [0.2, 0.25) is 5.89 Å². The van der Waals surface area contributed by atoms with Gasteiger partial charge in [-0.25, -0.2) is 4.98 Å². The molecule has 184 valence electrons. The van der Waals surface area contributed by atoms with Crippen LogP contribution in [0.1, 0.15) is 62.1 Å². The minimum atomic E-state index is -0.461. The highest BCUT2D eigenvalue weighted by molar-refractivity contribution is 5.76. The van der Waals surface area contributed by atoms with Crippen LogP contribution in [0.3, 0.4) is 0 Å². The lowest BCUT2D eigenvalue weighted by Gasteiger charge is -2.24. The highest BCUT2D eigenvalue weighted by Gasteiger charge is 2.28. The number of methoxy groups -OCH3 is 1. The number of allylic oxidation sites excluding steroid dienone is 2. The third-order valence-corrected chi connectivity index (χ3v) is 6.76. The van der Waals surface area contributed by atoms with Crippen molar-refractivity contribution in [3.63, 3.8) is 0 Å². The molecule has 0 atom stereocenters. The summed E-state index contributed by atoms with van der Waals surface area (Å²) in [5.41, 5.74) is 5.35. The number of carbonyl (C=O) groups excluding carboxylic acids is 1. The Morgan fingerprint density at radius 1 is 1.09 bits per heavy atom. The molecular formula is C30H35NO4. The zero-order chi connectivity index (χ0) is 24.8. The highest BCUT2D eigenvalue weighted by Crippen LogP contribution is 2.37. The molecule has 35 heavy (non-hydrogen) atoms. The molecule has 1 aliphatic carbocycles. The van der Waals surface area contributed by atoms with Crippen LogP contribution in [0.5, 0.6) is 5.75 Å². The van der Waals surface area contributed by atoms with E-state index >= 15 is 0 Å². The molecule has 4 rings (SSSR count). The monoisotopic (exact) mass is 473 g/mol.